The van der Waals surface area contributed by atoms with Crippen molar-refractivity contribution in [1.29, 1.82) is 0 Å². The predicted octanol–water partition coefficient (Wildman–Crippen LogP) is 3.98. The second-order valence-corrected chi connectivity index (χ2v) is 6.23. The summed E-state index contributed by atoms with van der Waals surface area (Å²) in [5.41, 5.74) is 6.51. The molecule has 0 bridgehead atoms. The minimum absolute atomic E-state index is 0.459. The highest BCUT2D eigenvalue weighted by atomic mass is 32.1. The quantitative estimate of drug-likeness (QED) is 0.788. The second-order valence-electron chi connectivity index (χ2n) is 5.20. The number of hydrogen-bond acceptors (Lipinski definition) is 2. The Morgan fingerprint density at radius 3 is 2.50 bits per heavy atom. The third-order valence-corrected chi connectivity index (χ3v) is 5.02. The first-order chi connectivity index (χ1) is 7.85. The lowest BCUT2D eigenvalue weighted by atomic mass is 9.76. The van der Waals surface area contributed by atoms with E-state index in [0.717, 1.165) is 6.54 Å². The molecule has 0 aliphatic heterocycles. The first-order valence-corrected chi connectivity index (χ1v) is 7.45. The lowest BCUT2D eigenvalue weighted by molar-refractivity contribution is 0.234. The van der Waals surface area contributed by atoms with Gasteiger partial charge in [-0.15, -0.1) is 11.3 Å². The summed E-state index contributed by atoms with van der Waals surface area (Å²) in [6.45, 7) is 0.887. The minimum atomic E-state index is 0.459. The number of nitrogens with two attached hydrogens (primary N) is 1. The maximum atomic E-state index is 6.05. The largest absolute Gasteiger partial charge is 0.330 e. The minimum Gasteiger partial charge on any atom is -0.330 e. The van der Waals surface area contributed by atoms with Crippen molar-refractivity contribution >= 4 is 11.3 Å². The van der Waals surface area contributed by atoms with Gasteiger partial charge in [-0.1, -0.05) is 31.7 Å². The van der Waals surface area contributed by atoms with Gasteiger partial charge in [-0.2, -0.15) is 0 Å². The molecule has 2 N–H and O–H groups in total. The van der Waals surface area contributed by atoms with E-state index in [9.17, 15) is 0 Å². The van der Waals surface area contributed by atoms with E-state index in [1.807, 2.05) is 11.3 Å². The molecule has 16 heavy (non-hydrogen) atoms. The van der Waals surface area contributed by atoms with Gasteiger partial charge in [0.2, 0.25) is 0 Å². The molecule has 2 rings (SSSR count). The Balaban J connectivity index is 1.92. The van der Waals surface area contributed by atoms with Crippen LogP contribution < -0.4 is 5.73 Å². The summed E-state index contributed by atoms with van der Waals surface area (Å²) >= 11 is 1.89. The van der Waals surface area contributed by atoms with Crippen LogP contribution >= 0.6 is 11.3 Å². The Morgan fingerprint density at radius 1 is 1.19 bits per heavy atom. The van der Waals surface area contributed by atoms with Gasteiger partial charge in [0, 0.05) is 4.88 Å². The van der Waals surface area contributed by atoms with Crippen LogP contribution in [0.3, 0.4) is 0 Å². The Bertz CT molecular complexity index is 284. The van der Waals surface area contributed by atoms with E-state index < -0.39 is 0 Å². The number of aryl methyl sites for hydroxylation is 1. The molecular weight excluding hydrogens is 214 g/mol. The van der Waals surface area contributed by atoms with Gasteiger partial charge in [-0.05, 0) is 49.1 Å². The van der Waals surface area contributed by atoms with Gasteiger partial charge in [0.1, 0.15) is 0 Å². The Labute approximate surface area is 103 Å². The standard InChI is InChI=1S/C14H23NS/c15-12-14(8-3-1-2-4-9-14)10-7-13-6-5-11-16-13/h5-6,11H,1-4,7-10,12,15H2. The molecule has 0 spiro atoms. The normalized spacial score (nSPS) is 20.6. The van der Waals surface area contributed by atoms with Crippen LogP contribution in [-0.4, -0.2) is 6.54 Å². The monoisotopic (exact) mass is 237 g/mol. The van der Waals surface area contributed by atoms with E-state index in [-0.39, 0.29) is 0 Å². The van der Waals surface area contributed by atoms with Crippen LogP contribution in [0.2, 0.25) is 0 Å². The Kier molecular flexibility index (Phi) is 4.42. The van der Waals surface area contributed by atoms with Crippen molar-refractivity contribution in [2.45, 2.75) is 51.4 Å². The zero-order valence-corrected chi connectivity index (χ0v) is 10.9. The van der Waals surface area contributed by atoms with Gasteiger partial charge in [-0.3, -0.25) is 0 Å². The first kappa shape index (κ1) is 12.1. The summed E-state index contributed by atoms with van der Waals surface area (Å²) in [7, 11) is 0. The summed E-state index contributed by atoms with van der Waals surface area (Å²) in [6, 6.07) is 4.41. The highest BCUT2D eigenvalue weighted by Crippen LogP contribution is 2.38. The Hall–Kier alpha value is -0.340. The molecular formula is C14H23NS. The molecule has 1 saturated carbocycles. The molecule has 1 heterocycles. The lowest BCUT2D eigenvalue weighted by Crippen LogP contribution is -2.30. The smallest absolute Gasteiger partial charge is 0.00454 e. The molecule has 90 valence electrons. The topological polar surface area (TPSA) is 26.0 Å². The molecule has 0 saturated heterocycles. The molecule has 0 atom stereocenters. The van der Waals surface area contributed by atoms with Crippen molar-refractivity contribution in [2.24, 2.45) is 11.1 Å². The van der Waals surface area contributed by atoms with Crippen LogP contribution in [0.4, 0.5) is 0 Å². The van der Waals surface area contributed by atoms with Gasteiger partial charge in [0.15, 0.2) is 0 Å². The molecule has 0 unspecified atom stereocenters. The fourth-order valence-electron chi connectivity index (χ4n) is 2.88. The molecule has 0 amide bonds. The van der Waals surface area contributed by atoms with Crippen LogP contribution in [0.15, 0.2) is 17.5 Å². The highest BCUT2D eigenvalue weighted by Gasteiger charge is 2.28. The summed E-state index contributed by atoms with van der Waals surface area (Å²) in [5.74, 6) is 0. The zero-order valence-electron chi connectivity index (χ0n) is 10.1. The van der Waals surface area contributed by atoms with Crippen molar-refractivity contribution in [3.8, 4) is 0 Å². The van der Waals surface area contributed by atoms with Gasteiger partial charge in [0.05, 0.1) is 0 Å². The maximum Gasteiger partial charge on any atom is 0.00454 e. The molecule has 2 heteroatoms. The SMILES string of the molecule is NCC1(CCc2cccs2)CCCCCC1. The van der Waals surface area contributed by atoms with Crippen molar-refractivity contribution in [3.63, 3.8) is 0 Å². The lowest BCUT2D eigenvalue weighted by Gasteiger charge is -2.31. The van der Waals surface area contributed by atoms with Crippen LogP contribution in [0.25, 0.3) is 0 Å². The molecule has 1 aromatic rings. The van der Waals surface area contributed by atoms with Gasteiger partial charge >= 0.3 is 0 Å². The van der Waals surface area contributed by atoms with E-state index in [2.05, 4.69) is 17.5 Å². The van der Waals surface area contributed by atoms with Gasteiger partial charge in [0.25, 0.3) is 0 Å². The van der Waals surface area contributed by atoms with Crippen LogP contribution in [-0.2, 0) is 6.42 Å². The van der Waals surface area contributed by atoms with E-state index in [1.54, 1.807) is 0 Å². The van der Waals surface area contributed by atoms with Crippen LogP contribution in [0.5, 0.6) is 0 Å². The zero-order chi connectivity index (χ0) is 11.3. The van der Waals surface area contributed by atoms with E-state index in [0.29, 0.717) is 5.41 Å². The number of rotatable bonds is 4. The summed E-state index contributed by atoms with van der Waals surface area (Å²) in [4.78, 5) is 1.53. The second kappa shape index (κ2) is 5.83. The maximum absolute atomic E-state index is 6.05. The average Bonchev–Trinajstić information content (AvgIpc) is 2.72. The summed E-state index contributed by atoms with van der Waals surface area (Å²) in [6.07, 6.45) is 10.9. The fourth-order valence-corrected chi connectivity index (χ4v) is 3.59. The Morgan fingerprint density at radius 2 is 1.94 bits per heavy atom. The summed E-state index contributed by atoms with van der Waals surface area (Å²) in [5, 5.41) is 2.18. The van der Waals surface area contributed by atoms with E-state index in [1.165, 1.54) is 56.2 Å². The molecule has 0 aromatic carbocycles. The third kappa shape index (κ3) is 3.08. The van der Waals surface area contributed by atoms with Gasteiger partial charge in [-0.25, -0.2) is 0 Å². The fraction of sp³-hybridized carbons (Fsp3) is 0.714. The highest BCUT2D eigenvalue weighted by molar-refractivity contribution is 7.09. The van der Waals surface area contributed by atoms with Gasteiger partial charge < -0.3 is 5.73 Å². The average molecular weight is 237 g/mol. The number of thiophene rings is 1. The molecule has 0 radical (unpaired) electrons. The van der Waals surface area contributed by atoms with Crippen LogP contribution in [0.1, 0.15) is 49.8 Å². The van der Waals surface area contributed by atoms with E-state index >= 15 is 0 Å². The predicted molar refractivity (Wildman–Crippen MR) is 71.8 cm³/mol. The molecule has 1 aliphatic rings. The molecule has 1 aliphatic carbocycles. The van der Waals surface area contributed by atoms with Crippen molar-refractivity contribution in [2.75, 3.05) is 6.54 Å². The van der Waals surface area contributed by atoms with Crippen molar-refractivity contribution in [3.05, 3.63) is 22.4 Å². The molecule has 1 aromatic heterocycles. The van der Waals surface area contributed by atoms with Crippen molar-refractivity contribution < 1.29 is 0 Å². The molecule has 1 fully saturated rings. The van der Waals surface area contributed by atoms with Crippen LogP contribution in [0, 0.1) is 5.41 Å². The first-order valence-electron chi connectivity index (χ1n) is 6.57. The van der Waals surface area contributed by atoms with Crippen molar-refractivity contribution in [1.82, 2.24) is 0 Å². The molecule has 1 nitrogen and oxygen atoms in total. The van der Waals surface area contributed by atoms with E-state index in [4.69, 9.17) is 5.73 Å². The number of hydrogen-bond donors (Lipinski definition) is 1. The third-order valence-electron chi connectivity index (χ3n) is 4.08. The summed E-state index contributed by atoms with van der Waals surface area (Å²) < 4.78 is 0.